The van der Waals surface area contributed by atoms with Crippen LogP contribution in [-0.2, 0) is 16.0 Å². The zero-order valence-corrected chi connectivity index (χ0v) is 11.3. The number of amides is 1. The van der Waals surface area contributed by atoms with E-state index in [-0.39, 0.29) is 12.3 Å². The lowest BCUT2D eigenvalue weighted by molar-refractivity contribution is -0.140. The Bertz CT molecular complexity index is 437. The lowest BCUT2D eigenvalue weighted by Crippen LogP contribution is -2.37. The van der Waals surface area contributed by atoms with Crippen molar-refractivity contribution >= 4 is 27.8 Å². The molecule has 1 aromatic rings. The van der Waals surface area contributed by atoms with Crippen LogP contribution in [-0.4, -0.2) is 29.6 Å². The summed E-state index contributed by atoms with van der Waals surface area (Å²) in [4.78, 5) is 21.8. The molecule has 5 nitrogen and oxygen atoms in total. The Labute approximate surface area is 113 Å². The van der Waals surface area contributed by atoms with E-state index in [1.807, 2.05) is 24.3 Å². The molecule has 1 amide bonds. The highest BCUT2D eigenvalue weighted by Crippen LogP contribution is 2.15. The van der Waals surface area contributed by atoms with E-state index in [0.717, 1.165) is 10.0 Å². The fourth-order valence-electron chi connectivity index (χ4n) is 1.40. The molecule has 0 radical (unpaired) electrons. The number of benzene rings is 1. The van der Waals surface area contributed by atoms with Crippen molar-refractivity contribution in [1.29, 1.82) is 0 Å². The smallest absolute Gasteiger partial charge is 0.321 e. The molecule has 0 heterocycles. The topological polar surface area (TPSA) is 92.4 Å². The van der Waals surface area contributed by atoms with Crippen LogP contribution >= 0.6 is 15.9 Å². The van der Waals surface area contributed by atoms with Gasteiger partial charge in [-0.3, -0.25) is 9.59 Å². The first kappa shape index (κ1) is 14.7. The van der Waals surface area contributed by atoms with Crippen LogP contribution in [0, 0.1) is 0 Å². The van der Waals surface area contributed by atoms with E-state index in [9.17, 15) is 9.59 Å². The van der Waals surface area contributed by atoms with Gasteiger partial charge in [-0.25, -0.2) is 0 Å². The Morgan fingerprint density at radius 2 is 2.06 bits per heavy atom. The van der Waals surface area contributed by atoms with E-state index in [4.69, 9.17) is 10.8 Å². The molecule has 1 atom stereocenters. The Balaban J connectivity index is 2.32. The highest BCUT2D eigenvalue weighted by molar-refractivity contribution is 9.10. The zero-order valence-electron chi connectivity index (χ0n) is 9.73. The predicted octanol–water partition coefficient (Wildman–Crippen LogP) is 0.910. The molecule has 0 spiro atoms. The predicted molar refractivity (Wildman–Crippen MR) is 71.1 cm³/mol. The standard InChI is InChI=1S/C12H15BrN2O3/c13-9-4-2-1-3-8(9)5-6-15-11(16)7-10(14)12(17)18/h1-4,10H,5-7,14H2,(H,15,16)(H,17,18). The van der Waals surface area contributed by atoms with Gasteiger partial charge in [0.15, 0.2) is 0 Å². The van der Waals surface area contributed by atoms with Gasteiger partial charge < -0.3 is 16.2 Å². The zero-order chi connectivity index (χ0) is 13.5. The van der Waals surface area contributed by atoms with Crippen molar-refractivity contribution in [2.75, 3.05) is 6.54 Å². The molecular formula is C12H15BrN2O3. The number of halogens is 1. The van der Waals surface area contributed by atoms with Crippen LogP contribution < -0.4 is 11.1 Å². The second kappa shape index (κ2) is 7.13. The van der Waals surface area contributed by atoms with Crippen LogP contribution in [0.25, 0.3) is 0 Å². The van der Waals surface area contributed by atoms with Crippen molar-refractivity contribution in [2.45, 2.75) is 18.9 Å². The van der Waals surface area contributed by atoms with Gasteiger partial charge in [-0.05, 0) is 18.1 Å². The largest absolute Gasteiger partial charge is 0.480 e. The van der Waals surface area contributed by atoms with Gasteiger partial charge >= 0.3 is 5.97 Å². The summed E-state index contributed by atoms with van der Waals surface area (Å²) in [6, 6.07) is 6.57. The van der Waals surface area contributed by atoms with Gasteiger partial charge in [0, 0.05) is 11.0 Å². The third-order valence-electron chi connectivity index (χ3n) is 2.40. The molecule has 1 rings (SSSR count). The highest BCUT2D eigenvalue weighted by atomic mass is 79.9. The summed E-state index contributed by atoms with van der Waals surface area (Å²) in [5.74, 6) is -1.52. The minimum atomic E-state index is -1.17. The van der Waals surface area contributed by atoms with Crippen LogP contribution in [0.4, 0.5) is 0 Å². The van der Waals surface area contributed by atoms with Crippen LogP contribution in [0.15, 0.2) is 28.7 Å². The maximum Gasteiger partial charge on any atom is 0.321 e. The van der Waals surface area contributed by atoms with Crippen LogP contribution in [0.1, 0.15) is 12.0 Å². The fourth-order valence-corrected chi connectivity index (χ4v) is 1.88. The molecule has 0 aliphatic heterocycles. The van der Waals surface area contributed by atoms with Gasteiger partial charge in [-0.15, -0.1) is 0 Å². The van der Waals surface area contributed by atoms with Crippen LogP contribution in [0.3, 0.4) is 0 Å². The number of nitrogens with two attached hydrogens (primary N) is 1. The van der Waals surface area contributed by atoms with Crippen molar-refractivity contribution in [2.24, 2.45) is 5.73 Å². The van der Waals surface area contributed by atoms with E-state index in [0.29, 0.717) is 13.0 Å². The monoisotopic (exact) mass is 314 g/mol. The van der Waals surface area contributed by atoms with E-state index in [1.54, 1.807) is 0 Å². The SMILES string of the molecule is NC(CC(=O)NCCc1ccccc1Br)C(=O)O. The quantitative estimate of drug-likeness (QED) is 0.727. The third kappa shape index (κ3) is 4.85. The average Bonchev–Trinajstić information content (AvgIpc) is 2.31. The van der Waals surface area contributed by atoms with Gasteiger partial charge in [0.1, 0.15) is 6.04 Å². The molecular weight excluding hydrogens is 300 g/mol. The summed E-state index contributed by atoms with van der Waals surface area (Å²) in [5, 5.41) is 11.2. The number of carboxylic acid groups (broad SMARTS) is 1. The highest BCUT2D eigenvalue weighted by Gasteiger charge is 2.15. The number of carboxylic acids is 1. The van der Waals surface area contributed by atoms with Gasteiger partial charge in [0.05, 0.1) is 6.42 Å². The second-order valence-electron chi connectivity index (χ2n) is 3.84. The maximum absolute atomic E-state index is 11.4. The molecule has 0 fully saturated rings. The molecule has 0 aromatic heterocycles. The summed E-state index contributed by atoms with van der Waals surface area (Å²) < 4.78 is 0.987. The molecule has 6 heteroatoms. The molecule has 0 bridgehead atoms. The van der Waals surface area contributed by atoms with E-state index in [2.05, 4.69) is 21.2 Å². The Kier molecular flexibility index (Phi) is 5.80. The minimum Gasteiger partial charge on any atom is -0.480 e. The number of carbonyl (C=O) groups excluding carboxylic acids is 1. The summed E-state index contributed by atoms with van der Waals surface area (Å²) in [5.41, 5.74) is 6.34. The molecule has 0 aliphatic rings. The first-order valence-electron chi connectivity index (χ1n) is 5.49. The van der Waals surface area contributed by atoms with Crippen molar-refractivity contribution in [3.8, 4) is 0 Å². The Morgan fingerprint density at radius 3 is 2.67 bits per heavy atom. The number of hydrogen-bond acceptors (Lipinski definition) is 3. The van der Waals surface area contributed by atoms with E-state index >= 15 is 0 Å². The van der Waals surface area contributed by atoms with Crippen molar-refractivity contribution in [1.82, 2.24) is 5.32 Å². The molecule has 0 saturated carbocycles. The van der Waals surface area contributed by atoms with Gasteiger partial charge in [0.2, 0.25) is 5.91 Å². The third-order valence-corrected chi connectivity index (χ3v) is 3.17. The second-order valence-corrected chi connectivity index (χ2v) is 4.69. The Hall–Kier alpha value is -1.40. The first-order chi connectivity index (χ1) is 8.50. The van der Waals surface area contributed by atoms with Crippen molar-refractivity contribution in [3.05, 3.63) is 34.3 Å². The van der Waals surface area contributed by atoms with Gasteiger partial charge in [-0.1, -0.05) is 34.1 Å². The molecule has 1 aromatic carbocycles. The summed E-state index contributed by atoms with van der Waals surface area (Å²) in [7, 11) is 0. The lowest BCUT2D eigenvalue weighted by Gasteiger charge is -2.08. The average molecular weight is 315 g/mol. The van der Waals surface area contributed by atoms with E-state index < -0.39 is 12.0 Å². The fraction of sp³-hybridized carbons (Fsp3) is 0.333. The normalized spacial score (nSPS) is 11.9. The summed E-state index contributed by atoms with van der Waals surface area (Å²) in [6.07, 6.45) is 0.473. The number of rotatable bonds is 6. The maximum atomic E-state index is 11.4. The van der Waals surface area contributed by atoms with Crippen LogP contribution in [0.2, 0.25) is 0 Å². The molecule has 0 aliphatic carbocycles. The van der Waals surface area contributed by atoms with Gasteiger partial charge in [-0.2, -0.15) is 0 Å². The van der Waals surface area contributed by atoms with Gasteiger partial charge in [0.25, 0.3) is 0 Å². The van der Waals surface area contributed by atoms with Crippen LogP contribution in [0.5, 0.6) is 0 Å². The Morgan fingerprint density at radius 1 is 1.39 bits per heavy atom. The minimum absolute atomic E-state index is 0.203. The summed E-state index contributed by atoms with van der Waals surface area (Å²) >= 11 is 3.41. The lowest BCUT2D eigenvalue weighted by atomic mass is 10.1. The number of nitrogens with one attached hydrogen (secondary N) is 1. The number of hydrogen-bond donors (Lipinski definition) is 3. The van der Waals surface area contributed by atoms with E-state index in [1.165, 1.54) is 0 Å². The molecule has 18 heavy (non-hydrogen) atoms. The molecule has 4 N–H and O–H groups in total. The number of carbonyl (C=O) groups is 2. The van der Waals surface area contributed by atoms with Crippen molar-refractivity contribution < 1.29 is 14.7 Å². The molecule has 1 unspecified atom stereocenters. The summed E-state index contributed by atoms with van der Waals surface area (Å²) in [6.45, 7) is 0.452. The number of aliphatic carboxylic acids is 1. The molecule has 0 saturated heterocycles. The first-order valence-corrected chi connectivity index (χ1v) is 6.28. The van der Waals surface area contributed by atoms with Crippen molar-refractivity contribution in [3.63, 3.8) is 0 Å². The molecule has 98 valence electrons.